The van der Waals surface area contributed by atoms with Gasteiger partial charge in [0.1, 0.15) is 5.82 Å². The number of nitrogens with two attached hydrogens (primary N) is 1. The number of nitrogen functional groups attached to an aromatic ring is 1. The minimum Gasteiger partial charge on any atom is -0.368 e. The minimum absolute atomic E-state index is 0.0969. The Balaban J connectivity index is 2.05. The molecule has 3 N–H and O–H groups in total. The van der Waals surface area contributed by atoms with Gasteiger partial charge in [-0.15, -0.1) is 0 Å². The Morgan fingerprint density at radius 3 is 2.83 bits per heavy atom. The minimum atomic E-state index is -0.232. The molecule has 92 valence electrons. The van der Waals surface area contributed by atoms with Crippen molar-refractivity contribution >= 4 is 5.95 Å². The highest BCUT2D eigenvalue weighted by Crippen LogP contribution is 2.28. The van der Waals surface area contributed by atoms with Crippen LogP contribution in [0.4, 0.5) is 10.3 Å². The van der Waals surface area contributed by atoms with Crippen LogP contribution in [0.3, 0.4) is 0 Å². The summed E-state index contributed by atoms with van der Waals surface area (Å²) in [7, 11) is 0. The van der Waals surface area contributed by atoms with E-state index >= 15 is 0 Å². The normalized spacial score (nSPS) is 18.4. The number of rotatable bonds is 1. The van der Waals surface area contributed by atoms with Gasteiger partial charge < -0.3 is 11.1 Å². The number of nitrogens with zero attached hydrogens (tertiary/aromatic N) is 2. The number of halogens is 1. The molecule has 1 unspecified atom stereocenters. The molecule has 0 spiro atoms. The zero-order chi connectivity index (χ0) is 12.5. The second kappa shape index (κ2) is 4.34. The average Bonchev–Trinajstić information content (AvgIpc) is 2.39. The summed E-state index contributed by atoms with van der Waals surface area (Å²) < 4.78 is 13.0. The van der Waals surface area contributed by atoms with E-state index in [2.05, 4.69) is 15.3 Å². The van der Waals surface area contributed by atoms with Gasteiger partial charge in [0.05, 0.1) is 5.69 Å². The molecule has 18 heavy (non-hydrogen) atoms. The van der Waals surface area contributed by atoms with Gasteiger partial charge in [-0.2, -0.15) is 0 Å². The quantitative estimate of drug-likeness (QED) is 0.796. The zero-order valence-corrected chi connectivity index (χ0v) is 9.73. The van der Waals surface area contributed by atoms with Crippen LogP contribution in [0.15, 0.2) is 30.5 Å². The molecule has 1 aliphatic rings. The maximum absolute atomic E-state index is 13.0. The third-order valence-electron chi connectivity index (χ3n) is 3.18. The molecule has 0 amide bonds. The van der Waals surface area contributed by atoms with E-state index in [0.717, 1.165) is 29.9 Å². The fourth-order valence-electron chi connectivity index (χ4n) is 2.29. The predicted octanol–water partition coefficient (Wildman–Crippen LogP) is 1.43. The van der Waals surface area contributed by atoms with Crippen LogP contribution in [-0.2, 0) is 6.54 Å². The summed E-state index contributed by atoms with van der Waals surface area (Å²) in [5, 5.41) is 3.31. The number of fused-ring (bicyclic) bond motifs is 1. The van der Waals surface area contributed by atoms with E-state index in [9.17, 15) is 4.39 Å². The van der Waals surface area contributed by atoms with Crippen molar-refractivity contribution < 1.29 is 4.39 Å². The Morgan fingerprint density at radius 2 is 2.06 bits per heavy atom. The van der Waals surface area contributed by atoms with E-state index in [1.807, 2.05) is 0 Å². The van der Waals surface area contributed by atoms with Crippen molar-refractivity contribution in [1.82, 2.24) is 15.3 Å². The summed E-state index contributed by atoms with van der Waals surface area (Å²) in [4.78, 5) is 8.33. The first-order chi connectivity index (χ1) is 8.74. The van der Waals surface area contributed by atoms with Crippen molar-refractivity contribution in [3.05, 3.63) is 53.1 Å². The van der Waals surface area contributed by atoms with Crippen LogP contribution in [0.1, 0.15) is 22.7 Å². The van der Waals surface area contributed by atoms with Gasteiger partial charge in [-0.25, -0.2) is 14.4 Å². The lowest BCUT2D eigenvalue weighted by Crippen LogP contribution is -2.30. The van der Waals surface area contributed by atoms with Crippen molar-refractivity contribution in [2.75, 3.05) is 12.3 Å². The standard InChI is InChI=1S/C13H13FN4/c14-10-3-1-8(2-4-10)11-7-16-5-9-6-17-13(15)18-12(9)11/h1-4,6,11,16H,5,7H2,(H2,15,17,18). The largest absolute Gasteiger partial charge is 0.368 e. The first-order valence-corrected chi connectivity index (χ1v) is 5.81. The molecule has 0 radical (unpaired) electrons. The molecular formula is C13H13FN4. The van der Waals surface area contributed by atoms with Crippen molar-refractivity contribution in [2.45, 2.75) is 12.5 Å². The Morgan fingerprint density at radius 1 is 1.28 bits per heavy atom. The van der Waals surface area contributed by atoms with Crippen LogP contribution in [0, 0.1) is 5.82 Å². The first kappa shape index (κ1) is 11.1. The molecule has 1 aliphatic heterocycles. The highest BCUT2D eigenvalue weighted by molar-refractivity contribution is 5.37. The van der Waals surface area contributed by atoms with Crippen molar-refractivity contribution in [1.29, 1.82) is 0 Å². The van der Waals surface area contributed by atoms with Crippen LogP contribution in [0.5, 0.6) is 0 Å². The smallest absolute Gasteiger partial charge is 0.220 e. The Kier molecular flexibility index (Phi) is 2.68. The Labute approximate surface area is 104 Å². The average molecular weight is 244 g/mol. The molecule has 0 fully saturated rings. The van der Waals surface area contributed by atoms with Gasteiger partial charge in [0.25, 0.3) is 0 Å². The summed E-state index contributed by atoms with van der Waals surface area (Å²) in [6, 6.07) is 6.51. The molecule has 1 aromatic carbocycles. The molecule has 1 atom stereocenters. The Hall–Kier alpha value is -2.01. The maximum Gasteiger partial charge on any atom is 0.220 e. The summed E-state index contributed by atoms with van der Waals surface area (Å²) in [5.74, 6) is 0.146. The second-order valence-electron chi connectivity index (χ2n) is 4.37. The zero-order valence-electron chi connectivity index (χ0n) is 9.73. The Bertz CT molecular complexity index is 568. The molecule has 4 nitrogen and oxygen atoms in total. The molecule has 0 saturated carbocycles. The second-order valence-corrected chi connectivity index (χ2v) is 4.37. The molecule has 1 aromatic heterocycles. The highest BCUT2D eigenvalue weighted by atomic mass is 19.1. The van der Waals surface area contributed by atoms with Crippen molar-refractivity contribution in [2.24, 2.45) is 0 Å². The van der Waals surface area contributed by atoms with Crippen molar-refractivity contribution in [3.8, 4) is 0 Å². The fourth-order valence-corrected chi connectivity index (χ4v) is 2.29. The van der Waals surface area contributed by atoms with Crippen LogP contribution >= 0.6 is 0 Å². The molecule has 0 bridgehead atoms. The molecule has 5 heteroatoms. The topological polar surface area (TPSA) is 63.8 Å². The third-order valence-corrected chi connectivity index (χ3v) is 3.18. The number of aromatic nitrogens is 2. The number of hydrogen-bond acceptors (Lipinski definition) is 4. The van der Waals surface area contributed by atoms with Crippen molar-refractivity contribution in [3.63, 3.8) is 0 Å². The number of nitrogens with one attached hydrogen (secondary N) is 1. The number of benzene rings is 1. The lowest BCUT2D eigenvalue weighted by Gasteiger charge is -2.25. The van der Waals surface area contributed by atoms with Crippen LogP contribution in [0.25, 0.3) is 0 Å². The molecule has 2 aromatic rings. The molecule has 3 rings (SSSR count). The van der Waals surface area contributed by atoms with E-state index in [0.29, 0.717) is 0 Å². The van der Waals surface area contributed by atoms with E-state index in [1.165, 1.54) is 12.1 Å². The monoisotopic (exact) mass is 244 g/mol. The highest BCUT2D eigenvalue weighted by Gasteiger charge is 2.23. The van der Waals surface area contributed by atoms with Gasteiger partial charge >= 0.3 is 0 Å². The molecule has 0 saturated heterocycles. The lowest BCUT2D eigenvalue weighted by molar-refractivity contribution is 0.572. The number of hydrogen-bond donors (Lipinski definition) is 2. The SMILES string of the molecule is Nc1ncc2c(n1)C(c1ccc(F)cc1)CNC2. The molecule has 0 aliphatic carbocycles. The predicted molar refractivity (Wildman–Crippen MR) is 66.4 cm³/mol. The van der Waals surface area contributed by atoms with E-state index in [1.54, 1.807) is 18.3 Å². The van der Waals surface area contributed by atoms with Crippen LogP contribution < -0.4 is 11.1 Å². The van der Waals surface area contributed by atoms with Gasteiger partial charge in [0, 0.05) is 30.8 Å². The summed E-state index contributed by atoms with van der Waals surface area (Å²) in [6.45, 7) is 1.52. The maximum atomic E-state index is 13.0. The number of anilines is 1. The van der Waals surface area contributed by atoms with Gasteiger partial charge in [-0.3, -0.25) is 0 Å². The summed E-state index contributed by atoms with van der Waals surface area (Å²) in [6.07, 6.45) is 1.75. The first-order valence-electron chi connectivity index (χ1n) is 5.81. The summed E-state index contributed by atoms with van der Waals surface area (Å²) in [5.41, 5.74) is 8.66. The van der Waals surface area contributed by atoms with E-state index in [4.69, 9.17) is 5.73 Å². The molecule has 2 heterocycles. The fraction of sp³-hybridized carbons (Fsp3) is 0.231. The van der Waals surface area contributed by atoms with Crippen LogP contribution in [0.2, 0.25) is 0 Å². The van der Waals surface area contributed by atoms with Crippen LogP contribution in [-0.4, -0.2) is 16.5 Å². The van der Waals surface area contributed by atoms with Gasteiger partial charge in [0.2, 0.25) is 5.95 Å². The van der Waals surface area contributed by atoms with E-state index in [-0.39, 0.29) is 17.7 Å². The van der Waals surface area contributed by atoms with E-state index < -0.39 is 0 Å². The molecular weight excluding hydrogens is 231 g/mol. The summed E-state index contributed by atoms with van der Waals surface area (Å²) >= 11 is 0. The van der Waals surface area contributed by atoms with Gasteiger partial charge in [-0.05, 0) is 17.7 Å². The third kappa shape index (κ3) is 1.93. The van der Waals surface area contributed by atoms with Gasteiger partial charge in [0.15, 0.2) is 0 Å². The van der Waals surface area contributed by atoms with Gasteiger partial charge in [-0.1, -0.05) is 12.1 Å². The lowest BCUT2D eigenvalue weighted by atomic mass is 9.90.